The molecule has 5 rings (SSSR count). The number of nitrogens with zero attached hydrogens (tertiary/aromatic N) is 2. The molecular formula is C27H28FN3O2. The largest absolute Gasteiger partial charge is 0.465 e. The lowest BCUT2D eigenvalue weighted by atomic mass is 9.73. The molecular weight excluding hydrogens is 417 g/mol. The summed E-state index contributed by atoms with van der Waals surface area (Å²) in [5, 5.41) is 0.933. The number of hydrogen-bond donors (Lipinski definition) is 1. The molecule has 6 heteroatoms. The van der Waals surface area contributed by atoms with Crippen LogP contribution in [0, 0.1) is 18.7 Å². The van der Waals surface area contributed by atoms with Gasteiger partial charge in [-0.2, -0.15) is 0 Å². The maximum Gasteiger partial charge on any atom is 0.337 e. The van der Waals surface area contributed by atoms with Gasteiger partial charge in [0.2, 0.25) is 0 Å². The molecule has 33 heavy (non-hydrogen) atoms. The molecule has 2 aromatic heterocycles. The average Bonchev–Trinajstić information content (AvgIpc) is 3.28. The first-order chi connectivity index (χ1) is 15.9. The normalized spacial score (nSPS) is 19.6. The number of pyridine rings is 1. The Morgan fingerprint density at radius 2 is 1.94 bits per heavy atom. The molecule has 170 valence electrons. The van der Waals surface area contributed by atoms with Gasteiger partial charge in [-0.25, -0.2) is 14.2 Å². The Hall–Kier alpha value is -3.28. The first kappa shape index (κ1) is 21.6. The van der Waals surface area contributed by atoms with Crippen LogP contribution in [0.1, 0.15) is 71.8 Å². The maximum absolute atomic E-state index is 13.9. The number of imidazole rings is 1. The van der Waals surface area contributed by atoms with Crippen LogP contribution in [0.4, 0.5) is 4.39 Å². The molecule has 1 aliphatic carbocycles. The number of halogens is 1. The van der Waals surface area contributed by atoms with Crippen molar-refractivity contribution < 1.29 is 13.9 Å². The molecule has 4 aromatic rings. The topological polar surface area (TPSA) is 67.9 Å². The third kappa shape index (κ3) is 3.99. The second-order valence-corrected chi connectivity index (χ2v) is 9.26. The van der Waals surface area contributed by atoms with E-state index < -0.39 is 0 Å². The summed E-state index contributed by atoms with van der Waals surface area (Å²) in [6.45, 7) is 4.20. The minimum Gasteiger partial charge on any atom is -0.465 e. The van der Waals surface area contributed by atoms with Crippen LogP contribution in [0.2, 0.25) is 0 Å². The third-order valence-corrected chi connectivity index (χ3v) is 7.30. The van der Waals surface area contributed by atoms with E-state index >= 15 is 0 Å². The highest BCUT2D eigenvalue weighted by Crippen LogP contribution is 2.43. The summed E-state index contributed by atoms with van der Waals surface area (Å²) in [7, 11) is 1.39. The van der Waals surface area contributed by atoms with E-state index in [9.17, 15) is 9.18 Å². The third-order valence-electron chi connectivity index (χ3n) is 7.30. The highest BCUT2D eigenvalue weighted by molar-refractivity contribution is 5.94. The molecule has 0 radical (unpaired) electrons. The number of aromatic nitrogens is 3. The van der Waals surface area contributed by atoms with Crippen molar-refractivity contribution in [3.63, 3.8) is 0 Å². The van der Waals surface area contributed by atoms with Crippen LogP contribution in [0.5, 0.6) is 0 Å². The molecule has 1 aliphatic rings. The van der Waals surface area contributed by atoms with Crippen LogP contribution in [0.3, 0.4) is 0 Å². The second kappa shape index (κ2) is 8.58. The number of nitrogens with one attached hydrogen (secondary N) is 1. The summed E-state index contributed by atoms with van der Waals surface area (Å²) < 4.78 is 18.8. The quantitative estimate of drug-likeness (QED) is 0.368. The Morgan fingerprint density at radius 3 is 2.70 bits per heavy atom. The zero-order valence-electron chi connectivity index (χ0n) is 19.2. The van der Waals surface area contributed by atoms with Crippen molar-refractivity contribution in [2.45, 2.75) is 51.4 Å². The van der Waals surface area contributed by atoms with Gasteiger partial charge in [-0.1, -0.05) is 6.92 Å². The summed E-state index contributed by atoms with van der Waals surface area (Å²) in [4.78, 5) is 24.7. The van der Waals surface area contributed by atoms with Crippen molar-refractivity contribution in [2.24, 2.45) is 5.92 Å². The van der Waals surface area contributed by atoms with Crippen molar-refractivity contribution in [2.75, 3.05) is 7.11 Å². The number of esters is 1. The van der Waals surface area contributed by atoms with Gasteiger partial charge in [0, 0.05) is 17.5 Å². The molecule has 0 unspecified atom stereocenters. The minimum atomic E-state index is -0.342. The van der Waals surface area contributed by atoms with E-state index in [-0.39, 0.29) is 17.7 Å². The fraction of sp³-hybridized carbons (Fsp3) is 0.370. The molecule has 1 fully saturated rings. The van der Waals surface area contributed by atoms with Gasteiger partial charge >= 0.3 is 5.97 Å². The van der Waals surface area contributed by atoms with Crippen LogP contribution in [0.25, 0.3) is 21.9 Å². The predicted molar refractivity (Wildman–Crippen MR) is 127 cm³/mol. The first-order valence-corrected chi connectivity index (χ1v) is 11.6. The number of H-pyrrole nitrogens is 1. The number of carbonyl (C=O) groups excluding carboxylic acids is 1. The fourth-order valence-corrected chi connectivity index (χ4v) is 5.41. The number of carbonyl (C=O) groups is 1. The van der Waals surface area contributed by atoms with Crippen LogP contribution < -0.4 is 0 Å². The summed E-state index contributed by atoms with van der Waals surface area (Å²) >= 11 is 0. The summed E-state index contributed by atoms with van der Waals surface area (Å²) in [6.07, 6.45) is 6.15. The number of rotatable bonds is 4. The highest BCUT2D eigenvalue weighted by Gasteiger charge is 2.29. The Morgan fingerprint density at radius 1 is 1.15 bits per heavy atom. The van der Waals surface area contributed by atoms with Crippen LogP contribution in [0.15, 0.2) is 42.6 Å². The van der Waals surface area contributed by atoms with Crippen molar-refractivity contribution in [3.8, 4) is 0 Å². The lowest BCUT2D eigenvalue weighted by molar-refractivity contribution is 0.0601. The van der Waals surface area contributed by atoms with Crippen molar-refractivity contribution in [1.82, 2.24) is 15.0 Å². The molecule has 0 amide bonds. The van der Waals surface area contributed by atoms with Crippen LogP contribution >= 0.6 is 0 Å². The van der Waals surface area contributed by atoms with Gasteiger partial charge < -0.3 is 9.72 Å². The predicted octanol–water partition coefficient (Wildman–Crippen LogP) is 6.42. The minimum absolute atomic E-state index is 0.213. The monoisotopic (exact) mass is 445 g/mol. The van der Waals surface area contributed by atoms with E-state index in [0.717, 1.165) is 59.0 Å². The van der Waals surface area contributed by atoms with Crippen molar-refractivity contribution in [1.29, 1.82) is 0 Å². The van der Waals surface area contributed by atoms with E-state index in [1.807, 2.05) is 25.3 Å². The number of aromatic amines is 1. The SMILES string of the molecule is COC(=O)c1cc(C)c2nc([C@H](C)[C@H]3CC[C@@H](c4ccnc5ccc(F)cc54)CC3)[nH]c2c1. The summed E-state index contributed by atoms with van der Waals surface area (Å²) in [5.41, 5.74) is 5.34. The molecule has 2 heterocycles. The Kier molecular flexibility index (Phi) is 5.60. The fourth-order valence-electron chi connectivity index (χ4n) is 5.41. The van der Waals surface area contributed by atoms with Crippen LogP contribution in [-0.2, 0) is 4.74 Å². The summed E-state index contributed by atoms with van der Waals surface area (Å²) in [5.74, 6) is 1.63. The standard InChI is InChI=1S/C27H28FN3O2/c1-15-12-19(27(32)33-3)13-24-25(15)31-26(30-24)16(2)17-4-6-18(7-5-17)21-10-11-29-23-9-8-20(28)14-22(21)23/h8-14,16-18H,4-7H2,1-3H3,(H,30,31)/t16-,17-,18+/m1/s1. The van der Waals surface area contributed by atoms with Gasteiger partial charge in [-0.05, 0) is 92.0 Å². The summed E-state index contributed by atoms with van der Waals surface area (Å²) in [6, 6.07) is 10.6. The van der Waals surface area contributed by atoms with Crippen molar-refractivity contribution in [3.05, 3.63) is 70.9 Å². The van der Waals surface area contributed by atoms with E-state index in [2.05, 4.69) is 23.0 Å². The molecule has 1 saturated carbocycles. The molecule has 5 nitrogen and oxygen atoms in total. The van der Waals surface area contributed by atoms with Gasteiger partial charge in [0.15, 0.2) is 0 Å². The van der Waals surface area contributed by atoms with E-state index in [0.29, 0.717) is 17.4 Å². The van der Waals surface area contributed by atoms with Gasteiger partial charge in [-0.3, -0.25) is 4.98 Å². The number of methoxy groups -OCH3 is 1. The average molecular weight is 446 g/mol. The molecule has 0 saturated heterocycles. The lowest BCUT2D eigenvalue weighted by Gasteiger charge is -2.32. The molecule has 0 aliphatic heterocycles. The van der Waals surface area contributed by atoms with E-state index in [1.165, 1.54) is 18.7 Å². The number of fused-ring (bicyclic) bond motifs is 2. The first-order valence-electron chi connectivity index (χ1n) is 11.6. The molecule has 0 spiro atoms. The number of benzene rings is 2. The Labute approximate surface area is 192 Å². The molecule has 1 atom stereocenters. The maximum atomic E-state index is 13.9. The van der Waals surface area contributed by atoms with E-state index in [1.54, 1.807) is 12.1 Å². The Balaban J connectivity index is 1.34. The highest BCUT2D eigenvalue weighted by atomic mass is 19.1. The number of ether oxygens (including phenoxy) is 1. The zero-order valence-corrected chi connectivity index (χ0v) is 19.2. The molecule has 2 aromatic carbocycles. The van der Waals surface area contributed by atoms with Gasteiger partial charge in [-0.15, -0.1) is 0 Å². The molecule has 0 bridgehead atoms. The van der Waals surface area contributed by atoms with Gasteiger partial charge in [0.25, 0.3) is 0 Å². The smallest absolute Gasteiger partial charge is 0.337 e. The van der Waals surface area contributed by atoms with Gasteiger partial charge in [0.1, 0.15) is 11.6 Å². The second-order valence-electron chi connectivity index (χ2n) is 9.26. The van der Waals surface area contributed by atoms with E-state index in [4.69, 9.17) is 9.72 Å². The number of hydrogen-bond acceptors (Lipinski definition) is 4. The zero-order chi connectivity index (χ0) is 23.1. The van der Waals surface area contributed by atoms with Gasteiger partial charge in [0.05, 0.1) is 29.2 Å². The van der Waals surface area contributed by atoms with Crippen LogP contribution in [-0.4, -0.2) is 28.0 Å². The van der Waals surface area contributed by atoms with Crippen molar-refractivity contribution >= 4 is 27.9 Å². The Bertz CT molecular complexity index is 1340. The number of aryl methyl sites for hydroxylation is 1. The lowest BCUT2D eigenvalue weighted by Crippen LogP contribution is -2.19. The molecule has 1 N–H and O–H groups in total.